The monoisotopic (exact) mass is 798 g/mol. The van der Waals surface area contributed by atoms with Gasteiger partial charge in [0.2, 0.25) is 6.29 Å². The van der Waals surface area contributed by atoms with Crippen molar-refractivity contribution in [3.8, 4) is 40.1 Å². The van der Waals surface area contributed by atoms with E-state index in [1.54, 1.807) is 0 Å². The van der Waals surface area contributed by atoms with Gasteiger partial charge < -0.3 is 78.8 Å². The minimum Gasteiger partial charge on any atom is -0.508 e. The van der Waals surface area contributed by atoms with Crippen LogP contribution in [0.1, 0.15) is 5.56 Å². The van der Waals surface area contributed by atoms with Gasteiger partial charge in [-0.15, -0.1) is 0 Å². The number of carbonyl (C=O) groups is 3. The predicted molar refractivity (Wildman–Crippen MR) is 187 cm³/mol. The van der Waals surface area contributed by atoms with Gasteiger partial charge >= 0.3 is 17.9 Å². The van der Waals surface area contributed by atoms with E-state index < -0.39 is 90.5 Å². The number of phenolic OH excluding ortho intramolecular Hbond substituents is 3. The molecule has 4 aromatic rings. The first-order chi connectivity index (χ1) is 27.1. The molecule has 0 amide bonds. The fourth-order valence-electron chi connectivity index (χ4n) is 6.08. The summed E-state index contributed by atoms with van der Waals surface area (Å²) in [6.07, 6.45) is -19.0. The van der Waals surface area contributed by atoms with E-state index in [0.717, 1.165) is 24.3 Å². The highest BCUT2D eigenvalue weighted by Gasteiger charge is 2.55. The number of benzene rings is 3. The Labute approximate surface area is 319 Å². The maximum atomic E-state index is 12.9. The van der Waals surface area contributed by atoms with Gasteiger partial charge in [-0.1, -0.05) is 6.07 Å². The van der Waals surface area contributed by atoms with E-state index in [9.17, 15) is 65.1 Å². The van der Waals surface area contributed by atoms with Crippen LogP contribution in [0.4, 0.5) is 0 Å². The zero-order valence-electron chi connectivity index (χ0n) is 29.2. The van der Waals surface area contributed by atoms with Crippen LogP contribution in [0.2, 0.25) is 0 Å². The number of phenols is 3. The molecular weight excluding hydrogens is 764 g/mol. The number of carboxylic acid groups (broad SMARTS) is 2. The Morgan fingerprint density at radius 1 is 0.737 bits per heavy atom. The number of rotatable bonds is 11. The summed E-state index contributed by atoms with van der Waals surface area (Å²) >= 11 is 0. The lowest BCUT2D eigenvalue weighted by Crippen LogP contribution is -2.66. The maximum absolute atomic E-state index is 12.9. The molecule has 2 aliphatic rings. The Bertz CT molecular complexity index is 2230. The Hall–Kier alpha value is -6.26. The predicted octanol–water partition coefficient (Wildman–Crippen LogP) is 0.0372. The van der Waals surface area contributed by atoms with Gasteiger partial charge in [-0.05, 0) is 48.0 Å². The highest BCUT2D eigenvalue weighted by molar-refractivity contribution is 5.87. The summed E-state index contributed by atoms with van der Waals surface area (Å²) in [5, 5.41) is 92.2. The smallest absolute Gasteiger partial charge is 0.335 e. The number of aromatic hydroxyl groups is 3. The quantitative estimate of drug-likeness (QED) is 0.0714. The van der Waals surface area contributed by atoms with Crippen LogP contribution in [-0.4, -0.2) is 132 Å². The van der Waals surface area contributed by atoms with Gasteiger partial charge in [0.05, 0.1) is 7.11 Å². The molecule has 2 fully saturated rings. The first-order valence-electron chi connectivity index (χ1n) is 16.7. The Morgan fingerprint density at radius 3 is 2.00 bits per heavy atom. The molecule has 0 spiro atoms. The van der Waals surface area contributed by atoms with Gasteiger partial charge in [-0.3, -0.25) is 4.79 Å². The van der Waals surface area contributed by atoms with Gasteiger partial charge in [-0.25, -0.2) is 14.4 Å². The summed E-state index contributed by atoms with van der Waals surface area (Å²) in [6.45, 7) is 0. The molecule has 10 atom stereocenters. The summed E-state index contributed by atoms with van der Waals surface area (Å²) in [5.41, 5.74) is -0.117. The lowest BCUT2D eigenvalue weighted by Gasteiger charge is -2.45. The molecule has 0 bridgehead atoms. The average Bonchev–Trinajstić information content (AvgIpc) is 3.16. The number of esters is 1. The molecule has 9 N–H and O–H groups in total. The van der Waals surface area contributed by atoms with Crippen LogP contribution in [-0.2, 0) is 33.3 Å². The van der Waals surface area contributed by atoms with E-state index >= 15 is 0 Å². The normalized spacial score (nSPS) is 27.5. The molecule has 10 unspecified atom stereocenters. The van der Waals surface area contributed by atoms with Crippen molar-refractivity contribution in [3.63, 3.8) is 0 Å². The summed E-state index contributed by atoms with van der Waals surface area (Å²) < 4.78 is 38.4. The molecule has 3 aromatic carbocycles. The maximum Gasteiger partial charge on any atom is 0.335 e. The van der Waals surface area contributed by atoms with Crippen molar-refractivity contribution in [1.29, 1.82) is 0 Å². The van der Waals surface area contributed by atoms with Crippen molar-refractivity contribution in [1.82, 2.24) is 0 Å². The second-order valence-electron chi connectivity index (χ2n) is 12.7. The average molecular weight is 799 g/mol. The Kier molecular flexibility index (Phi) is 11.7. The third-order valence-corrected chi connectivity index (χ3v) is 8.92. The molecule has 1 aromatic heterocycles. The molecule has 20 nitrogen and oxygen atoms in total. The Morgan fingerprint density at radius 2 is 1.37 bits per heavy atom. The van der Waals surface area contributed by atoms with Crippen LogP contribution >= 0.6 is 0 Å². The number of methoxy groups -OCH3 is 1. The van der Waals surface area contributed by atoms with Gasteiger partial charge in [0, 0.05) is 29.8 Å². The molecule has 0 aliphatic carbocycles. The van der Waals surface area contributed by atoms with E-state index in [-0.39, 0.29) is 45.3 Å². The van der Waals surface area contributed by atoms with E-state index in [2.05, 4.69) is 0 Å². The number of aliphatic carboxylic acids is 2. The van der Waals surface area contributed by atoms with E-state index in [1.165, 1.54) is 55.7 Å². The van der Waals surface area contributed by atoms with Crippen LogP contribution in [0, 0.1) is 0 Å². The number of hydrogen-bond acceptors (Lipinski definition) is 18. The van der Waals surface area contributed by atoms with Gasteiger partial charge in [0.15, 0.2) is 47.6 Å². The minimum absolute atomic E-state index is 0.00469. The minimum atomic E-state index is -2.19. The summed E-state index contributed by atoms with van der Waals surface area (Å²) in [6, 6.07) is 12.6. The topological polar surface area (TPSA) is 319 Å². The van der Waals surface area contributed by atoms with Crippen molar-refractivity contribution in [2.24, 2.45) is 0 Å². The summed E-state index contributed by atoms with van der Waals surface area (Å²) in [5.74, 6) is -5.75. The number of carbonyl (C=O) groups excluding carboxylic acids is 1. The second-order valence-corrected chi connectivity index (χ2v) is 12.7. The summed E-state index contributed by atoms with van der Waals surface area (Å²) in [7, 11) is 1.30. The van der Waals surface area contributed by atoms with Crippen LogP contribution in [0.3, 0.4) is 0 Å². The number of ether oxygens (including phenoxy) is 6. The zero-order chi connectivity index (χ0) is 41.3. The molecule has 2 aliphatic heterocycles. The van der Waals surface area contributed by atoms with E-state index in [4.69, 9.17) is 32.8 Å². The molecule has 6 rings (SSSR count). The molecule has 0 radical (unpaired) electrons. The van der Waals surface area contributed by atoms with Gasteiger partial charge in [0.1, 0.15) is 58.4 Å². The molecule has 2 saturated heterocycles. The largest absolute Gasteiger partial charge is 0.508 e. The second kappa shape index (κ2) is 16.5. The number of hydrogen-bond donors (Lipinski definition) is 9. The van der Waals surface area contributed by atoms with Crippen molar-refractivity contribution in [2.75, 3.05) is 7.11 Å². The van der Waals surface area contributed by atoms with Gasteiger partial charge in [0.25, 0.3) is 0 Å². The van der Waals surface area contributed by atoms with Crippen molar-refractivity contribution >= 4 is 35.0 Å². The number of carboxylic acids is 2. The third kappa shape index (κ3) is 8.46. The Balaban J connectivity index is 1.27. The number of fused-ring (bicyclic) bond motifs is 1. The molecule has 302 valence electrons. The van der Waals surface area contributed by atoms with Crippen molar-refractivity contribution < 1.29 is 93.2 Å². The van der Waals surface area contributed by atoms with Crippen molar-refractivity contribution in [3.05, 3.63) is 82.5 Å². The SMILES string of the molecule is COc1cc(/C=C/C(=O)OC2C(OC3C(Oc4ccc(-c5cc(=O)c6c(O)cc(O)cc6o5)cc4)OC(C(=O)O)C(O)C3O)OC(C(=O)O)C(O)C2O)ccc1O. The van der Waals surface area contributed by atoms with Crippen LogP contribution < -0.4 is 14.9 Å². The molecule has 0 saturated carbocycles. The molecule has 57 heavy (non-hydrogen) atoms. The standard InChI is InChI=1S/C37H34O20/c1-51-22-10-14(2-8-18(22)39)3-9-24(42)54-32-28(45)26(43)31(35(49)50)56-37(32)57-33-29(46)27(44)30(34(47)48)55-36(33)52-17-6-4-15(5-7-17)21-13-20(41)25-19(40)11-16(38)12-23(25)53-21/h2-13,26-33,36-40,43-46H,1H3,(H,47,48)(H,49,50)/b9-3+. The third-order valence-electron chi connectivity index (χ3n) is 8.92. The molecular formula is C37H34O20. The van der Waals surface area contributed by atoms with Crippen LogP contribution in [0.15, 0.2) is 76.0 Å². The fraction of sp³-hybridized carbons (Fsp3) is 0.297. The van der Waals surface area contributed by atoms with E-state index in [0.29, 0.717) is 5.56 Å². The molecule has 20 heteroatoms. The van der Waals surface area contributed by atoms with Crippen molar-refractivity contribution in [2.45, 2.75) is 61.4 Å². The van der Waals surface area contributed by atoms with Crippen LogP contribution in [0.25, 0.3) is 28.4 Å². The van der Waals surface area contributed by atoms with Crippen LogP contribution in [0.5, 0.6) is 28.7 Å². The molecule has 3 heterocycles. The number of aliphatic hydroxyl groups excluding tert-OH is 4. The van der Waals surface area contributed by atoms with E-state index in [1.807, 2.05) is 0 Å². The highest BCUT2D eigenvalue weighted by Crippen LogP contribution is 2.34. The zero-order valence-corrected chi connectivity index (χ0v) is 29.2. The number of aliphatic hydroxyl groups is 4. The first kappa shape index (κ1) is 40.4. The lowest BCUT2D eigenvalue weighted by atomic mass is 9.96. The van der Waals surface area contributed by atoms with Gasteiger partial charge in [-0.2, -0.15) is 0 Å². The highest BCUT2D eigenvalue weighted by atomic mass is 16.8. The summed E-state index contributed by atoms with van der Waals surface area (Å²) in [4.78, 5) is 49.6. The fourth-order valence-corrected chi connectivity index (χ4v) is 6.08. The lowest BCUT2D eigenvalue weighted by molar-refractivity contribution is -0.350. The first-order valence-corrected chi connectivity index (χ1v) is 16.7.